The number of hydrogen-bond donors (Lipinski definition) is 0. The highest BCUT2D eigenvalue weighted by Crippen LogP contribution is 2.22. The minimum Gasteiger partial charge on any atom is -0.435 e. The van der Waals surface area contributed by atoms with Crippen LogP contribution in [0.5, 0.6) is 5.75 Å². The predicted octanol–water partition coefficient (Wildman–Crippen LogP) is 2.86. The van der Waals surface area contributed by atoms with E-state index in [9.17, 15) is 13.6 Å². The molecule has 5 heteroatoms. The van der Waals surface area contributed by atoms with E-state index in [1.165, 1.54) is 18.2 Å². The fourth-order valence-corrected chi connectivity index (χ4v) is 1.13. The van der Waals surface area contributed by atoms with Crippen LogP contribution < -0.4 is 4.74 Å². The monoisotopic (exact) mass is 250 g/mol. The lowest BCUT2D eigenvalue weighted by atomic mass is 10.2. The van der Waals surface area contributed by atoms with Crippen LogP contribution in [-0.2, 0) is 0 Å². The Bertz CT molecular complexity index is 315. The van der Waals surface area contributed by atoms with Gasteiger partial charge in [-0.3, -0.25) is 4.79 Å². The molecule has 0 aliphatic rings. The summed E-state index contributed by atoms with van der Waals surface area (Å²) in [5.41, 5.74) is 0.276. The lowest BCUT2D eigenvalue weighted by molar-refractivity contribution is -0.0498. The molecule has 2 nitrogen and oxygen atoms in total. The summed E-state index contributed by atoms with van der Waals surface area (Å²) < 4.78 is 28.1. The van der Waals surface area contributed by atoms with Gasteiger partial charge in [-0.15, -0.1) is 0 Å². The molecule has 0 N–H and O–H groups in total. The number of ether oxygens (including phenoxy) is 1. The molecule has 0 spiro atoms. The van der Waals surface area contributed by atoms with Gasteiger partial charge in [-0.2, -0.15) is 8.78 Å². The van der Waals surface area contributed by atoms with Gasteiger partial charge in [0, 0.05) is 10.0 Å². The van der Waals surface area contributed by atoms with Crippen molar-refractivity contribution >= 4 is 22.2 Å². The quantitative estimate of drug-likeness (QED) is 0.772. The van der Waals surface area contributed by atoms with Gasteiger partial charge in [0.15, 0.2) is 6.29 Å². The van der Waals surface area contributed by atoms with Gasteiger partial charge < -0.3 is 4.74 Å². The molecule has 0 atom stereocenters. The number of halogens is 3. The standard InChI is InChI=1S/C8H5BrF2O2/c9-7-2-1-6(13-8(10)11)3-5(7)4-12/h1-4,8H. The van der Waals surface area contributed by atoms with Crippen LogP contribution in [0.25, 0.3) is 0 Å². The normalized spacial score (nSPS) is 10.2. The summed E-state index contributed by atoms with van der Waals surface area (Å²) in [5.74, 6) is -0.0275. The average Bonchev–Trinajstić information content (AvgIpc) is 2.07. The second-order valence-corrected chi connectivity index (χ2v) is 3.03. The first kappa shape index (κ1) is 10.1. The maximum absolute atomic E-state index is 11.7. The largest absolute Gasteiger partial charge is 0.435 e. The SMILES string of the molecule is O=Cc1cc(OC(F)F)ccc1Br. The van der Waals surface area contributed by atoms with Gasteiger partial charge in [-0.25, -0.2) is 0 Å². The number of carbonyl (C=O) groups is 1. The second-order valence-electron chi connectivity index (χ2n) is 2.18. The Hall–Kier alpha value is -0.970. The Kier molecular flexibility index (Phi) is 3.36. The van der Waals surface area contributed by atoms with Gasteiger partial charge in [0.05, 0.1) is 0 Å². The molecule has 0 aromatic heterocycles. The third-order valence-electron chi connectivity index (χ3n) is 1.32. The van der Waals surface area contributed by atoms with Crippen LogP contribution in [-0.4, -0.2) is 12.9 Å². The smallest absolute Gasteiger partial charge is 0.387 e. The van der Waals surface area contributed by atoms with Crippen LogP contribution in [0.4, 0.5) is 8.78 Å². The Morgan fingerprint density at radius 2 is 2.15 bits per heavy atom. The highest BCUT2D eigenvalue weighted by atomic mass is 79.9. The molecule has 1 aromatic carbocycles. The summed E-state index contributed by atoms with van der Waals surface area (Å²) in [7, 11) is 0. The predicted molar refractivity (Wildman–Crippen MR) is 46.2 cm³/mol. The Labute approximate surface area is 81.6 Å². The van der Waals surface area contributed by atoms with Gasteiger partial charge in [0.2, 0.25) is 0 Å². The van der Waals surface area contributed by atoms with Crippen molar-refractivity contribution in [1.82, 2.24) is 0 Å². The molecule has 0 amide bonds. The number of carbonyl (C=O) groups excluding carboxylic acids is 1. The molecular formula is C8H5BrF2O2. The zero-order chi connectivity index (χ0) is 9.84. The maximum atomic E-state index is 11.7. The van der Waals surface area contributed by atoms with Crippen LogP contribution in [0.2, 0.25) is 0 Å². The molecule has 13 heavy (non-hydrogen) atoms. The molecule has 0 saturated heterocycles. The summed E-state index contributed by atoms with van der Waals surface area (Å²) in [6.07, 6.45) is 0.558. The van der Waals surface area contributed by atoms with Crippen molar-refractivity contribution < 1.29 is 18.3 Å². The summed E-state index contributed by atoms with van der Waals surface area (Å²) in [4.78, 5) is 10.4. The van der Waals surface area contributed by atoms with Crippen molar-refractivity contribution in [2.45, 2.75) is 6.61 Å². The van der Waals surface area contributed by atoms with E-state index in [0.29, 0.717) is 10.8 Å². The van der Waals surface area contributed by atoms with E-state index in [4.69, 9.17) is 0 Å². The van der Waals surface area contributed by atoms with E-state index in [0.717, 1.165) is 0 Å². The van der Waals surface area contributed by atoms with E-state index < -0.39 is 6.61 Å². The Balaban J connectivity index is 2.92. The Morgan fingerprint density at radius 1 is 1.46 bits per heavy atom. The van der Waals surface area contributed by atoms with Gasteiger partial charge in [-0.05, 0) is 18.2 Å². The summed E-state index contributed by atoms with van der Waals surface area (Å²) >= 11 is 3.08. The number of benzene rings is 1. The fourth-order valence-electron chi connectivity index (χ4n) is 0.788. The van der Waals surface area contributed by atoms with Crippen molar-refractivity contribution in [3.63, 3.8) is 0 Å². The molecule has 1 aromatic rings. The molecule has 0 saturated carbocycles. The van der Waals surface area contributed by atoms with Crippen molar-refractivity contribution in [3.05, 3.63) is 28.2 Å². The molecular weight excluding hydrogens is 246 g/mol. The zero-order valence-electron chi connectivity index (χ0n) is 6.34. The lowest BCUT2D eigenvalue weighted by Gasteiger charge is -2.04. The Morgan fingerprint density at radius 3 is 2.69 bits per heavy atom. The van der Waals surface area contributed by atoms with Crippen molar-refractivity contribution in [2.75, 3.05) is 0 Å². The molecule has 70 valence electrons. The molecule has 0 aliphatic heterocycles. The van der Waals surface area contributed by atoms with Crippen LogP contribution in [0.3, 0.4) is 0 Å². The molecule has 0 bridgehead atoms. The number of hydrogen-bond acceptors (Lipinski definition) is 2. The van der Waals surface area contributed by atoms with Crippen molar-refractivity contribution in [1.29, 1.82) is 0 Å². The van der Waals surface area contributed by atoms with E-state index in [-0.39, 0.29) is 11.3 Å². The first-order valence-electron chi connectivity index (χ1n) is 3.33. The van der Waals surface area contributed by atoms with E-state index in [1.807, 2.05) is 0 Å². The summed E-state index contributed by atoms with van der Waals surface area (Å²) in [6.45, 7) is -2.87. The third kappa shape index (κ3) is 2.77. The van der Waals surface area contributed by atoms with Crippen molar-refractivity contribution in [3.8, 4) is 5.75 Å². The summed E-state index contributed by atoms with van der Waals surface area (Å²) in [5, 5.41) is 0. The second kappa shape index (κ2) is 4.32. The number of rotatable bonds is 3. The average molecular weight is 251 g/mol. The molecule has 0 heterocycles. The van der Waals surface area contributed by atoms with Gasteiger partial charge in [0.1, 0.15) is 5.75 Å². The van der Waals surface area contributed by atoms with E-state index in [2.05, 4.69) is 20.7 Å². The number of aldehydes is 1. The van der Waals surface area contributed by atoms with Gasteiger partial charge in [0.25, 0.3) is 0 Å². The van der Waals surface area contributed by atoms with Crippen LogP contribution in [0.1, 0.15) is 10.4 Å². The van der Waals surface area contributed by atoms with E-state index >= 15 is 0 Å². The minimum atomic E-state index is -2.87. The molecule has 0 fully saturated rings. The third-order valence-corrected chi connectivity index (χ3v) is 2.04. The lowest BCUT2D eigenvalue weighted by Crippen LogP contribution is -2.02. The fraction of sp³-hybridized carbons (Fsp3) is 0.125. The first-order chi connectivity index (χ1) is 6.13. The van der Waals surface area contributed by atoms with Crippen molar-refractivity contribution in [2.24, 2.45) is 0 Å². The zero-order valence-corrected chi connectivity index (χ0v) is 7.92. The molecule has 1 rings (SSSR count). The van der Waals surface area contributed by atoms with E-state index in [1.54, 1.807) is 0 Å². The first-order valence-corrected chi connectivity index (χ1v) is 4.12. The van der Waals surface area contributed by atoms with Crippen LogP contribution in [0, 0.1) is 0 Å². The highest BCUT2D eigenvalue weighted by molar-refractivity contribution is 9.10. The highest BCUT2D eigenvalue weighted by Gasteiger charge is 2.06. The van der Waals surface area contributed by atoms with Crippen LogP contribution >= 0.6 is 15.9 Å². The van der Waals surface area contributed by atoms with Gasteiger partial charge >= 0.3 is 6.61 Å². The maximum Gasteiger partial charge on any atom is 0.387 e. The molecule has 0 unspecified atom stereocenters. The van der Waals surface area contributed by atoms with Gasteiger partial charge in [-0.1, -0.05) is 15.9 Å². The topological polar surface area (TPSA) is 26.3 Å². The summed E-state index contributed by atoms with van der Waals surface area (Å²) in [6, 6.07) is 4.06. The molecule has 0 radical (unpaired) electrons. The minimum absolute atomic E-state index is 0.0275. The van der Waals surface area contributed by atoms with Crippen LogP contribution in [0.15, 0.2) is 22.7 Å². The number of alkyl halides is 2. The molecule has 0 aliphatic carbocycles.